The molecule has 4 unspecified atom stereocenters. The van der Waals surface area contributed by atoms with E-state index in [1.165, 1.54) is 6.08 Å². The minimum atomic E-state index is -0.345. The van der Waals surface area contributed by atoms with Crippen LogP contribution in [-0.2, 0) is 19.1 Å². The van der Waals surface area contributed by atoms with Crippen LogP contribution in [0.4, 0.5) is 0 Å². The number of carbonyl (C=O) groups excluding carboxylic acids is 2. The largest absolute Gasteiger partial charge is 0.373 e. The smallest absolute Gasteiger partial charge is 0.201 e. The van der Waals surface area contributed by atoms with Crippen LogP contribution in [0, 0.1) is 0 Å². The first kappa shape index (κ1) is 16.9. The van der Waals surface area contributed by atoms with Crippen molar-refractivity contribution in [3.05, 3.63) is 80.9 Å². The summed E-state index contributed by atoms with van der Waals surface area (Å²) in [5.41, 5.74) is 5.16. The lowest BCUT2D eigenvalue weighted by molar-refractivity contribution is -0.116. The number of hydrogen-bond donors (Lipinski definition) is 0. The van der Waals surface area contributed by atoms with Crippen LogP contribution in [0.25, 0.3) is 0 Å². The molecule has 0 amide bonds. The quantitative estimate of drug-likeness (QED) is 0.583. The molecule has 0 saturated heterocycles. The molecular weight excluding hydrogens is 364 g/mol. The lowest BCUT2D eigenvalue weighted by atomic mass is 9.56. The Bertz CT molecular complexity index is 1030. The summed E-state index contributed by atoms with van der Waals surface area (Å²) in [6.45, 7) is 0. The molecule has 0 spiro atoms. The Morgan fingerprint density at radius 3 is 1.89 bits per heavy atom. The Hall–Kier alpha value is -2.27. The van der Waals surface area contributed by atoms with E-state index in [-0.39, 0.29) is 40.6 Å². The number of ketones is 2. The standard InChI is InChI=1S/C22H17ClO4/c1-26-14-7-8-15(27-2)20-17-11-6-4-3-5-10(11)16(19(14)20)18-13(24)9-12(23)22(25)21(17)18/h3-9,14-17H,1-2H3. The SMILES string of the molecule is COC1C=CC(OC)C2=C1C1C3=C(C(=O)C(Cl)=CC3=O)C2c2ccccc21. The summed E-state index contributed by atoms with van der Waals surface area (Å²) in [5.74, 6) is -1.12. The van der Waals surface area contributed by atoms with Gasteiger partial charge in [-0.25, -0.2) is 0 Å². The molecule has 136 valence electrons. The minimum absolute atomic E-state index is 0.0189. The van der Waals surface area contributed by atoms with E-state index in [2.05, 4.69) is 0 Å². The molecule has 5 heteroatoms. The second kappa shape index (κ2) is 5.86. The summed E-state index contributed by atoms with van der Waals surface area (Å²) < 4.78 is 11.4. The van der Waals surface area contributed by atoms with Crippen molar-refractivity contribution in [2.75, 3.05) is 14.2 Å². The summed E-state index contributed by atoms with van der Waals surface area (Å²) in [5, 5.41) is -0.0189. The van der Waals surface area contributed by atoms with E-state index < -0.39 is 0 Å². The Labute approximate surface area is 161 Å². The summed E-state index contributed by atoms with van der Waals surface area (Å²) in [6, 6.07) is 7.98. The predicted molar refractivity (Wildman–Crippen MR) is 101 cm³/mol. The normalized spacial score (nSPS) is 31.0. The molecule has 4 atom stereocenters. The van der Waals surface area contributed by atoms with Crippen molar-refractivity contribution in [1.82, 2.24) is 0 Å². The topological polar surface area (TPSA) is 52.6 Å². The number of allylic oxidation sites excluding steroid dienone is 4. The fourth-order valence-electron chi connectivity index (χ4n) is 5.03. The van der Waals surface area contributed by atoms with E-state index in [9.17, 15) is 9.59 Å². The first-order chi connectivity index (χ1) is 13.1. The molecule has 0 N–H and O–H groups in total. The van der Waals surface area contributed by atoms with Gasteiger partial charge in [0.15, 0.2) is 5.78 Å². The maximum atomic E-state index is 13.0. The summed E-state index contributed by atoms with van der Waals surface area (Å²) in [6.07, 6.45) is 4.65. The second-order valence-corrected chi connectivity index (χ2v) is 7.52. The van der Waals surface area contributed by atoms with Crippen LogP contribution in [0.5, 0.6) is 0 Å². The molecule has 1 aromatic rings. The van der Waals surface area contributed by atoms with Gasteiger partial charge in [-0.2, -0.15) is 0 Å². The number of methoxy groups -OCH3 is 2. The van der Waals surface area contributed by atoms with E-state index in [1.54, 1.807) is 14.2 Å². The third-order valence-corrected chi connectivity index (χ3v) is 6.29. The van der Waals surface area contributed by atoms with Gasteiger partial charge in [-0.1, -0.05) is 48.0 Å². The third-order valence-electron chi connectivity index (χ3n) is 6.01. The molecule has 0 fully saturated rings. The molecule has 0 aromatic heterocycles. The lowest BCUT2D eigenvalue weighted by Crippen LogP contribution is -2.43. The van der Waals surface area contributed by atoms with Crippen molar-refractivity contribution >= 4 is 23.2 Å². The van der Waals surface area contributed by atoms with Crippen LogP contribution in [-0.4, -0.2) is 38.0 Å². The van der Waals surface area contributed by atoms with Crippen molar-refractivity contribution in [2.24, 2.45) is 0 Å². The molecule has 6 rings (SSSR count). The Morgan fingerprint density at radius 2 is 1.37 bits per heavy atom. The average molecular weight is 381 g/mol. The van der Waals surface area contributed by atoms with Crippen LogP contribution >= 0.6 is 11.6 Å². The van der Waals surface area contributed by atoms with Gasteiger partial charge in [0.05, 0.1) is 17.2 Å². The van der Waals surface area contributed by atoms with E-state index in [0.717, 1.165) is 22.3 Å². The van der Waals surface area contributed by atoms with Crippen molar-refractivity contribution in [2.45, 2.75) is 24.0 Å². The van der Waals surface area contributed by atoms with E-state index in [0.29, 0.717) is 11.1 Å². The van der Waals surface area contributed by atoms with Crippen LogP contribution in [0.2, 0.25) is 0 Å². The van der Waals surface area contributed by atoms with Crippen LogP contribution < -0.4 is 0 Å². The molecule has 0 heterocycles. The van der Waals surface area contributed by atoms with Gasteiger partial charge in [0.1, 0.15) is 0 Å². The molecule has 5 aliphatic carbocycles. The van der Waals surface area contributed by atoms with Gasteiger partial charge in [0, 0.05) is 43.3 Å². The molecule has 4 nitrogen and oxygen atoms in total. The average Bonchev–Trinajstić information content (AvgIpc) is 2.70. The summed E-state index contributed by atoms with van der Waals surface area (Å²) >= 11 is 6.12. The summed E-state index contributed by atoms with van der Waals surface area (Å²) in [7, 11) is 3.30. The minimum Gasteiger partial charge on any atom is -0.373 e. The van der Waals surface area contributed by atoms with Gasteiger partial charge in [-0.05, 0) is 22.3 Å². The Morgan fingerprint density at radius 1 is 0.852 bits per heavy atom. The second-order valence-electron chi connectivity index (χ2n) is 7.12. The van der Waals surface area contributed by atoms with Crippen molar-refractivity contribution in [3.63, 3.8) is 0 Å². The molecule has 0 radical (unpaired) electrons. The Kier molecular flexibility index (Phi) is 3.66. The highest BCUT2D eigenvalue weighted by molar-refractivity contribution is 6.49. The molecular formula is C22H17ClO4. The van der Waals surface area contributed by atoms with Gasteiger partial charge < -0.3 is 9.47 Å². The van der Waals surface area contributed by atoms with Gasteiger partial charge in [-0.3, -0.25) is 9.59 Å². The zero-order valence-electron chi connectivity index (χ0n) is 14.9. The Balaban J connectivity index is 1.83. The van der Waals surface area contributed by atoms with Gasteiger partial charge >= 0.3 is 0 Å². The van der Waals surface area contributed by atoms with Crippen molar-refractivity contribution < 1.29 is 19.1 Å². The maximum absolute atomic E-state index is 13.0. The molecule has 2 bridgehead atoms. The van der Waals surface area contributed by atoms with Crippen molar-refractivity contribution in [3.8, 4) is 0 Å². The highest BCUT2D eigenvalue weighted by Gasteiger charge is 2.53. The number of Topliss-reactive ketones (excluding diaryl/α,β-unsaturated/α-hetero) is 1. The number of benzene rings is 1. The molecule has 0 saturated carbocycles. The number of hydrogen-bond acceptors (Lipinski definition) is 4. The zero-order chi connectivity index (χ0) is 18.9. The molecule has 1 aromatic carbocycles. The number of ether oxygens (including phenoxy) is 2. The number of rotatable bonds is 2. The first-order valence-corrected chi connectivity index (χ1v) is 9.23. The zero-order valence-corrected chi connectivity index (χ0v) is 15.6. The lowest BCUT2D eigenvalue weighted by Gasteiger charge is -2.48. The highest BCUT2D eigenvalue weighted by atomic mass is 35.5. The van der Waals surface area contributed by atoms with Gasteiger partial charge in [-0.15, -0.1) is 0 Å². The van der Waals surface area contributed by atoms with Crippen molar-refractivity contribution in [1.29, 1.82) is 0 Å². The van der Waals surface area contributed by atoms with Crippen LogP contribution in [0.15, 0.2) is 69.8 Å². The third kappa shape index (κ3) is 2.06. The van der Waals surface area contributed by atoms with Gasteiger partial charge in [0.2, 0.25) is 5.78 Å². The van der Waals surface area contributed by atoms with E-state index >= 15 is 0 Å². The summed E-state index contributed by atoms with van der Waals surface area (Å²) in [4.78, 5) is 25.9. The number of halogens is 1. The molecule has 0 aliphatic heterocycles. The molecule has 5 aliphatic rings. The van der Waals surface area contributed by atoms with Crippen LogP contribution in [0.1, 0.15) is 23.0 Å². The number of carbonyl (C=O) groups is 2. The fraction of sp³-hybridized carbons (Fsp3) is 0.273. The first-order valence-electron chi connectivity index (χ1n) is 8.85. The maximum Gasteiger partial charge on any atom is 0.201 e. The predicted octanol–water partition coefficient (Wildman–Crippen LogP) is 3.35. The van der Waals surface area contributed by atoms with Crippen LogP contribution in [0.3, 0.4) is 0 Å². The van der Waals surface area contributed by atoms with E-state index in [4.69, 9.17) is 21.1 Å². The van der Waals surface area contributed by atoms with E-state index in [1.807, 2.05) is 36.4 Å². The monoisotopic (exact) mass is 380 g/mol. The molecule has 27 heavy (non-hydrogen) atoms. The fourth-order valence-corrected chi connectivity index (χ4v) is 5.23. The van der Waals surface area contributed by atoms with Gasteiger partial charge in [0.25, 0.3) is 0 Å². The highest BCUT2D eigenvalue weighted by Crippen LogP contribution is 2.60.